The van der Waals surface area contributed by atoms with Gasteiger partial charge in [-0.3, -0.25) is 4.79 Å². The monoisotopic (exact) mass is 425 g/mol. The first-order valence-electron chi connectivity index (χ1n) is 7.82. The number of carbonyl (C=O) groups is 1. The molecule has 0 aliphatic heterocycles. The van der Waals surface area contributed by atoms with Gasteiger partial charge in [-0.25, -0.2) is 12.8 Å². The Morgan fingerprint density at radius 1 is 1.19 bits per heavy atom. The highest BCUT2D eigenvalue weighted by Crippen LogP contribution is 2.19. The topological polar surface area (TPSA) is 71.7 Å². The molecule has 2 aromatic heterocycles. The van der Waals surface area contributed by atoms with E-state index in [9.17, 15) is 17.6 Å². The zero-order chi connectivity index (χ0) is 19.4. The lowest BCUT2D eigenvalue weighted by atomic mass is 10.2. The Bertz CT molecular complexity index is 1100. The van der Waals surface area contributed by atoms with Crippen molar-refractivity contribution in [2.45, 2.75) is 10.8 Å². The van der Waals surface area contributed by atoms with E-state index < -0.39 is 15.9 Å². The van der Waals surface area contributed by atoms with E-state index in [-0.39, 0.29) is 23.1 Å². The number of hydrogen-bond acceptors (Lipinski definition) is 5. The Balaban J connectivity index is 1.77. The van der Waals surface area contributed by atoms with Gasteiger partial charge < -0.3 is 4.57 Å². The number of halogens is 1. The molecule has 0 saturated carbocycles. The van der Waals surface area contributed by atoms with E-state index in [1.54, 1.807) is 45.8 Å². The van der Waals surface area contributed by atoms with Crippen LogP contribution in [0, 0.1) is 5.82 Å². The number of rotatable bonds is 6. The molecule has 3 rings (SSSR count). The van der Waals surface area contributed by atoms with E-state index in [4.69, 9.17) is 0 Å². The molecule has 0 spiro atoms. The second-order valence-electron chi connectivity index (χ2n) is 5.60. The van der Waals surface area contributed by atoms with Gasteiger partial charge in [-0.2, -0.15) is 9.30 Å². The summed E-state index contributed by atoms with van der Waals surface area (Å²) in [7, 11) is -2.38. The van der Waals surface area contributed by atoms with Crippen molar-refractivity contribution >= 4 is 38.6 Å². The molecule has 0 aliphatic carbocycles. The fraction of sp³-hybridized carbons (Fsp3) is 0.176. The molecule has 6 nitrogen and oxygen atoms in total. The predicted octanol–water partition coefficient (Wildman–Crippen LogP) is 2.55. The molecule has 10 heteroatoms. The van der Waals surface area contributed by atoms with Gasteiger partial charge in [0, 0.05) is 24.2 Å². The third kappa shape index (κ3) is 4.59. The molecule has 0 radical (unpaired) electrons. The molecule has 0 atom stereocenters. The molecule has 1 aromatic carbocycles. The van der Waals surface area contributed by atoms with Crippen LogP contribution in [-0.2, 0) is 21.4 Å². The molecule has 0 unspecified atom stereocenters. The maximum atomic E-state index is 13.8. The summed E-state index contributed by atoms with van der Waals surface area (Å²) in [6.07, 6.45) is 1.70. The van der Waals surface area contributed by atoms with Gasteiger partial charge in [0.15, 0.2) is 4.80 Å². The van der Waals surface area contributed by atoms with Gasteiger partial charge >= 0.3 is 0 Å². The fourth-order valence-electron chi connectivity index (χ4n) is 2.30. The first-order chi connectivity index (χ1) is 12.9. The third-order valence-electron chi connectivity index (χ3n) is 3.70. The summed E-state index contributed by atoms with van der Waals surface area (Å²) in [6.45, 7) is -0.149. The van der Waals surface area contributed by atoms with E-state index >= 15 is 0 Å². The Morgan fingerprint density at radius 3 is 2.67 bits per heavy atom. The number of likely N-dealkylation sites (N-methyl/N-ethyl adjacent to an activating group) is 1. The Labute approximate surface area is 163 Å². The average molecular weight is 426 g/mol. The molecule has 1 amide bonds. The summed E-state index contributed by atoms with van der Waals surface area (Å²) in [6, 6.07) is 9.49. The van der Waals surface area contributed by atoms with E-state index in [1.807, 2.05) is 0 Å². The normalized spacial score (nSPS) is 12.6. The van der Waals surface area contributed by atoms with Crippen molar-refractivity contribution in [2.75, 3.05) is 13.6 Å². The summed E-state index contributed by atoms with van der Waals surface area (Å²) in [4.78, 5) is 16.6. The van der Waals surface area contributed by atoms with Crippen LogP contribution in [0.3, 0.4) is 0 Å². The van der Waals surface area contributed by atoms with E-state index in [0.717, 1.165) is 15.6 Å². The van der Waals surface area contributed by atoms with Crippen molar-refractivity contribution in [1.29, 1.82) is 0 Å². The van der Waals surface area contributed by atoms with Crippen LogP contribution in [0.1, 0.15) is 5.56 Å². The zero-order valence-corrected chi connectivity index (χ0v) is 16.7. The highest BCUT2D eigenvalue weighted by Gasteiger charge is 2.23. The molecule has 3 aromatic rings. The SMILES string of the molecule is CN(CC(=O)N=c1sccn1Cc1ccccc1F)S(=O)(=O)c1cccs1. The highest BCUT2D eigenvalue weighted by molar-refractivity contribution is 7.91. The van der Waals surface area contributed by atoms with Crippen LogP contribution >= 0.6 is 22.7 Å². The van der Waals surface area contributed by atoms with E-state index in [1.165, 1.54) is 30.5 Å². The maximum Gasteiger partial charge on any atom is 0.263 e. The number of nitrogens with zero attached hydrogens (tertiary/aromatic N) is 3. The van der Waals surface area contributed by atoms with Crippen molar-refractivity contribution in [3.63, 3.8) is 0 Å². The summed E-state index contributed by atoms with van der Waals surface area (Å²) < 4.78 is 41.4. The van der Waals surface area contributed by atoms with Crippen molar-refractivity contribution in [1.82, 2.24) is 8.87 Å². The van der Waals surface area contributed by atoms with Gasteiger partial charge in [0.1, 0.15) is 10.0 Å². The fourth-order valence-corrected chi connectivity index (χ4v) is 5.36. The molecule has 2 heterocycles. The molecule has 142 valence electrons. The zero-order valence-electron chi connectivity index (χ0n) is 14.3. The molecule has 0 saturated heterocycles. The molecule has 27 heavy (non-hydrogen) atoms. The number of carbonyl (C=O) groups excluding carboxylic acids is 1. The number of thiophene rings is 1. The van der Waals surface area contributed by atoms with Crippen LogP contribution in [0.2, 0.25) is 0 Å². The Kier molecular flexibility index (Phi) is 6.00. The van der Waals surface area contributed by atoms with Gasteiger partial charge in [0.2, 0.25) is 0 Å². The van der Waals surface area contributed by atoms with Crippen molar-refractivity contribution in [2.24, 2.45) is 4.99 Å². The largest absolute Gasteiger partial charge is 0.319 e. The number of aromatic nitrogens is 1. The van der Waals surface area contributed by atoms with Gasteiger partial charge in [0.25, 0.3) is 15.9 Å². The minimum absolute atomic E-state index is 0.170. The maximum absolute atomic E-state index is 13.8. The summed E-state index contributed by atoms with van der Waals surface area (Å²) in [5.41, 5.74) is 0.474. The molecule has 0 aliphatic rings. The van der Waals surface area contributed by atoms with Crippen LogP contribution in [0.4, 0.5) is 4.39 Å². The molecule has 0 N–H and O–H groups in total. The first-order valence-corrected chi connectivity index (χ1v) is 11.0. The lowest BCUT2D eigenvalue weighted by Gasteiger charge is -2.13. The minimum Gasteiger partial charge on any atom is -0.319 e. The van der Waals surface area contributed by atoms with E-state index in [2.05, 4.69) is 4.99 Å². The van der Waals surface area contributed by atoms with Crippen LogP contribution in [0.25, 0.3) is 0 Å². The lowest BCUT2D eigenvalue weighted by molar-refractivity contribution is -0.118. The van der Waals surface area contributed by atoms with E-state index in [0.29, 0.717) is 10.4 Å². The average Bonchev–Trinajstić information content (AvgIpc) is 3.29. The van der Waals surface area contributed by atoms with Crippen LogP contribution in [0.5, 0.6) is 0 Å². The van der Waals surface area contributed by atoms with Gasteiger partial charge in [-0.1, -0.05) is 24.3 Å². The summed E-state index contributed by atoms with van der Waals surface area (Å²) in [5.74, 6) is -0.933. The van der Waals surface area contributed by atoms with Gasteiger partial charge in [-0.05, 0) is 17.5 Å². The minimum atomic E-state index is -3.72. The third-order valence-corrected chi connectivity index (χ3v) is 7.67. The smallest absolute Gasteiger partial charge is 0.263 e. The molecule has 0 bridgehead atoms. The second-order valence-corrected chi connectivity index (χ2v) is 9.70. The number of thiazole rings is 1. The Morgan fingerprint density at radius 2 is 1.96 bits per heavy atom. The van der Waals surface area contributed by atoms with Crippen LogP contribution < -0.4 is 4.80 Å². The van der Waals surface area contributed by atoms with Crippen molar-refractivity contribution in [3.05, 3.63) is 69.5 Å². The number of sulfonamides is 1. The quantitative estimate of drug-likeness (QED) is 0.609. The van der Waals surface area contributed by atoms with Crippen molar-refractivity contribution in [3.8, 4) is 0 Å². The number of amides is 1. The van der Waals surface area contributed by atoms with Gasteiger partial charge in [-0.15, -0.1) is 22.7 Å². The lowest BCUT2D eigenvalue weighted by Crippen LogP contribution is -2.32. The number of hydrogen-bond donors (Lipinski definition) is 0. The highest BCUT2D eigenvalue weighted by atomic mass is 32.2. The molecular formula is C17H16FN3O3S3. The summed E-state index contributed by atoms with van der Waals surface area (Å²) in [5, 5.41) is 3.39. The predicted molar refractivity (Wildman–Crippen MR) is 103 cm³/mol. The first kappa shape index (κ1) is 19.6. The standard InChI is InChI=1S/C17H16FN3O3S3/c1-20(27(23,24)16-7-4-9-25-16)12-15(22)19-17-21(8-10-26-17)11-13-5-2-3-6-14(13)18/h2-10H,11-12H2,1H3. The Hall–Kier alpha value is -2.14. The second kappa shape index (κ2) is 8.26. The van der Waals surface area contributed by atoms with Crippen molar-refractivity contribution < 1.29 is 17.6 Å². The number of benzene rings is 1. The van der Waals surface area contributed by atoms with Crippen LogP contribution in [-0.4, -0.2) is 36.8 Å². The van der Waals surface area contributed by atoms with Crippen LogP contribution in [0.15, 0.2) is 62.6 Å². The molecule has 0 fully saturated rings. The van der Waals surface area contributed by atoms with Gasteiger partial charge in [0.05, 0.1) is 13.1 Å². The molecular weight excluding hydrogens is 409 g/mol. The summed E-state index contributed by atoms with van der Waals surface area (Å²) >= 11 is 2.31.